The predicted octanol–water partition coefficient (Wildman–Crippen LogP) is 1.75. The van der Waals surface area contributed by atoms with E-state index in [-0.39, 0.29) is 5.41 Å². The Balaban J connectivity index is 1.60. The zero-order valence-electron chi connectivity index (χ0n) is 12.1. The lowest BCUT2D eigenvalue weighted by Gasteiger charge is -2.44. The van der Waals surface area contributed by atoms with Gasteiger partial charge in [0.1, 0.15) is 0 Å². The van der Waals surface area contributed by atoms with Gasteiger partial charge in [-0.05, 0) is 23.8 Å². The minimum atomic E-state index is 0.265. The molecule has 0 bridgehead atoms. The molecule has 4 nitrogen and oxygen atoms in total. The van der Waals surface area contributed by atoms with E-state index in [1.165, 1.54) is 5.56 Å². The number of hydrogen-bond donors (Lipinski definition) is 1. The SMILES string of the molecule is CC1(c2ccccc2)CC(N=C(N)N2CCOCC2)C1. The van der Waals surface area contributed by atoms with Crippen LogP contribution in [0.15, 0.2) is 35.3 Å². The summed E-state index contributed by atoms with van der Waals surface area (Å²) in [5.41, 5.74) is 7.78. The van der Waals surface area contributed by atoms with Crippen LogP contribution in [-0.4, -0.2) is 43.2 Å². The molecule has 20 heavy (non-hydrogen) atoms. The lowest BCUT2D eigenvalue weighted by molar-refractivity contribution is 0.0669. The maximum atomic E-state index is 6.11. The van der Waals surface area contributed by atoms with Gasteiger partial charge >= 0.3 is 0 Å². The van der Waals surface area contributed by atoms with Crippen molar-refractivity contribution in [3.05, 3.63) is 35.9 Å². The summed E-state index contributed by atoms with van der Waals surface area (Å²) in [6, 6.07) is 11.1. The maximum Gasteiger partial charge on any atom is 0.191 e. The van der Waals surface area contributed by atoms with Gasteiger partial charge in [-0.1, -0.05) is 37.3 Å². The van der Waals surface area contributed by atoms with Crippen molar-refractivity contribution in [1.82, 2.24) is 4.90 Å². The van der Waals surface area contributed by atoms with Crippen LogP contribution >= 0.6 is 0 Å². The highest BCUT2D eigenvalue weighted by molar-refractivity contribution is 5.78. The number of nitrogens with two attached hydrogens (primary N) is 1. The van der Waals surface area contributed by atoms with E-state index >= 15 is 0 Å². The molecule has 1 aromatic rings. The summed E-state index contributed by atoms with van der Waals surface area (Å²) in [5.74, 6) is 0.688. The van der Waals surface area contributed by atoms with Gasteiger partial charge in [-0.2, -0.15) is 0 Å². The van der Waals surface area contributed by atoms with Gasteiger partial charge in [0, 0.05) is 13.1 Å². The molecular weight excluding hydrogens is 250 g/mol. The monoisotopic (exact) mass is 273 g/mol. The first-order valence-electron chi connectivity index (χ1n) is 7.39. The quantitative estimate of drug-likeness (QED) is 0.660. The highest BCUT2D eigenvalue weighted by atomic mass is 16.5. The number of aliphatic imine (C=N–C) groups is 1. The molecule has 0 amide bonds. The van der Waals surface area contributed by atoms with Gasteiger partial charge in [0.2, 0.25) is 0 Å². The van der Waals surface area contributed by atoms with E-state index in [0.29, 0.717) is 12.0 Å². The molecule has 1 saturated carbocycles. The van der Waals surface area contributed by atoms with E-state index in [0.717, 1.165) is 39.1 Å². The molecule has 1 aliphatic heterocycles. The fourth-order valence-corrected chi connectivity index (χ4v) is 3.21. The smallest absolute Gasteiger partial charge is 0.191 e. The average molecular weight is 273 g/mol. The number of hydrogen-bond acceptors (Lipinski definition) is 2. The van der Waals surface area contributed by atoms with Crippen LogP contribution in [0, 0.1) is 0 Å². The molecule has 2 aliphatic rings. The first kappa shape index (κ1) is 13.4. The third kappa shape index (κ3) is 2.66. The standard InChI is InChI=1S/C16H23N3O/c1-16(13-5-3-2-4-6-13)11-14(12-16)18-15(17)19-7-9-20-10-8-19/h2-6,14H,7-12H2,1H3,(H2,17,18). The van der Waals surface area contributed by atoms with Crippen molar-refractivity contribution >= 4 is 5.96 Å². The minimum Gasteiger partial charge on any atom is -0.378 e. The molecule has 2 N–H and O–H groups in total. The van der Waals surface area contributed by atoms with Crippen molar-refractivity contribution in [2.24, 2.45) is 10.7 Å². The topological polar surface area (TPSA) is 50.8 Å². The number of morpholine rings is 1. The van der Waals surface area contributed by atoms with Crippen LogP contribution in [0.3, 0.4) is 0 Å². The lowest BCUT2D eigenvalue weighted by Crippen LogP contribution is -2.48. The number of benzene rings is 1. The molecule has 0 unspecified atom stereocenters. The average Bonchev–Trinajstić information content (AvgIpc) is 2.47. The second kappa shape index (κ2) is 5.44. The fourth-order valence-electron chi connectivity index (χ4n) is 3.21. The maximum absolute atomic E-state index is 6.11. The van der Waals surface area contributed by atoms with Gasteiger partial charge in [-0.15, -0.1) is 0 Å². The molecule has 108 valence electrons. The van der Waals surface area contributed by atoms with E-state index in [9.17, 15) is 0 Å². The van der Waals surface area contributed by atoms with Crippen LogP contribution < -0.4 is 5.73 Å². The Morgan fingerprint density at radius 2 is 1.90 bits per heavy atom. The molecule has 0 radical (unpaired) electrons. The highest BCUT2D eigenvalue weighted by Crippen LogP contribution is 2.44. The predicted molar refractivity (Wildman–Crippen MR) is 80.8 cm³/mol. The molecule has 1 aromatic carbocycles. The van der Waals surface area contributed by atoms with Crippen LogP contribution in [0.25, 0.3) is 0 Å². The summed E-state index contributed by atoms with van der Waals surface area (Å²) < 4.78 is 5.33. The van der Waals surface area contributed by atoms with Crippen molar-refractivity contribution in [2.45, 2.75) is 31.2 Å². The van der Waals surface area contributed by atoms with Crippen molar-refractivity contribution in [3.8, 4) is 0 Å². The van der Waals surface area contributed by atoms with Gasteiger partial charge in [-0.3, -0.25) is 0 Å². The first-order valence-corrected chi connectivity index (χ1v) is 7.39. The van der Waals surface area contributed by atoms with Crippen molar-refractivity contribution in [2.75, 3.05) is 26.3 Å². The van der Waals surface area contributed by atoms with Gasteiger partial charge in [-0.25, -0.2) is 4.99 Å². The van der Waals surface area contributed by atoms with Crippen molar-refractivity contribution < 1.29 is 4.74 Å². The van der Waals surface area contributed by atoms with Crippen LogP contribution in [0.5, 0.6) is 0 Å². The highest BCUT2D eigenvalue weighted by Gasteiger charge is 2.41. The lowest BCUT2D eigenvalue weighted by atomic mass is 9.63. The Kier molecular flexibility index (Phi) is 3.66. The molecule has 0 atom stereocenters. The van der Waals surface area contributed by atoms with Crippen LogP contribution in [0.2, 0.25) is 0 Å². The number of rotatable bonds is 2. The summed E-state index contributed by atoms with van der Waals surface area (Å²) >= 11 is 0. The Hall–Kier alpha value is -1.55. The van der Waals surface area contributed by atoms with Gasteiger partial charge in [0.05, 0.1) is 19.3 Å². The third-order valence-corrected chi connectivity index (χ3v) is 4.49. The van der Waals surface area contributed by atoms with E-state index in [1.807, 2.05) is 0 Å². The zero-order valence-corrected chi connectivity index (χ0v) is 12.1. The summed E-state index contributed by atoms with van der Waals surface area (Å²) in [4.78, 5) is 6.82. The minimum absolute atomic E-state index is 0.265. The molecule has 1 saturated heterocycles. The molecule has 3 rings (SSSR count). The van der Waals surface area contributed by atoms with Crippen LogP contribution in [0.4, 0.5) is 0 Å². The Labute approximate surface area is 120 Å². The second-order valence-corrected chi connectivity index (χ2v) is 6.08. The Bertz CT molecular complexity index is 474. The molecule has 1 aliphatic carbocycles. The van der Waals surface area contributed by atoms with E-state index in [2.05, 4.69) is 42.2 Å². The van der Waals surface area contributed by atoms with E-state index in [1.54, 1.807) is 0 Å². The summed E-state index contributed by atoms with van der Waals surface area (Å²) in [5, 5.41) is 0. The molecule has 0 spiro atoms. The number of guanidine groups is 1. The molecular formula is C16H23N3O. The number of nitrogens with zero attached hydrogens (tertiary/aromatic N) is 2. The Morgan fingerprint density at radius 1 is 1.25 bits per heavy atom. The zero-order chi connectivity index (χ0) is 14.0. The van der Waals surface area contributed by atoms with E-state index < -0.39 is 0 Å². The van der Waals surface area contributed by atoms with Gasteiger partial charge in [0.15, 0.2) is 5.96 Å². The summed E-state index contributed by atoms with van der Waals surface area (Å²) in [7, 11) is 0. The Morgan fingerprint density at radius 3 is 2.55 bits per heavy atom. The second-order valence-electron chi connectivity index (χ2n) is 6.08. The van der Waals surface area contributed by atoms with Crippen molar-refractivity contribution in [3.63, 3.8) is 0 Å². The van der Waals surface area contributed by atoms with Gasteiger partial charge in [0.25, 0.3) is 0 Å². The van der Waals surface area contributed by atoms with Crippen LogP contribution in [-0.2, 0) is 10.2 Å². The molecule has 1 heterocycles. The molecule has 2 fully saturated rings. The normalized spacial score (nSPS) is 30.9. The van der Waals surface area contributed by atoms with E-state index in [4.69, 9.17) is 15.5 Å². The van der Waals surface area contributed by atoms with Gasteiger partial charge < -0.3 is 15.4 Å². The molecule has 4 heteroatoms. The van der Waals surface area contributed by atoms with Crippen molar-refractivity contribution in [1.29, 1.82) is 0 Å². The molecule has 0 aromatic heterocycles. The summed E-state index contributed by atoms with van der Waals surface area (Å²) in [6.45, 7) is 5.54. The first-order chi connectivity index (χ1) is 9.67. The summed E-state index contributed by atoms with van der Waals surface area (Å²) in [6.07, 6.45) is 2.17. The number of ether oxygens (including phenoxy) is 1. The largest absolute Gasteiger partial charge is 0.378 e. The van der Waals surface area contributed by atoms with Crippen LogP contribution in [0.1, 0.15) is 25.3 Å². The fraction of sp³-hybridized carbons (Fsp3) is 0.562. The third-order valence-electron chi connectivity index (χ3n) is 4.49.